The summed E-state index contributed by atoms with van der Waals surface area (Å²) in [6.45, 7) is 2.35. The molecule has 0 aromatic rings. The minimum Gasteiger partial charge on any atom is -0.300 e. The summed E-state index contributed by atoms with van der Waals surface area (Å²) in [7, 11) is 0. The third-order valence-corrected chi connectivity index (χ3v) is 3.82. The molecule has 0 heterocycles. The first-order chi connectivity index (χ1) is 5.70. The second kappa shape index (κ2) is 2.86. The van der Waals surface area contributed by atoms with E-state index in [1.165, 1.54) is 32.1 Å². The fourth-order valence-corrected chi connectivity index (χ4v) is 3.01. The van der Waals surface area contributed by atoms with Crippen molar-refractivity contribution in [2.45, 2.75) is 51.9 Å². The van der Waals surface area contributed by atoms with Gasteiger partial charge >= 0.3 is 0 Å². The van der Waals surface area contributed by atoms with Crippen molar-refractivity contribution < 1.29 is 4.79 Å². The molecule has 1 atom stereocenters. The zero-order chi connectivity index (χ0) is 8.60. The minimum atomic E-state index is 0.500. The van der Waals surface area contributed by atoms with Gasteiger partial charge in [-0.3, -0.25) is 4.79 Å². The molecule has 1 heteroatoms. The quantitative estimate of drug-likeness (QED) is 0.540. The molecule has 12 heavy (non-hydrogen) atoms. The largest absolute Gasteiger partial charge is 0.300 e. The highest BCUT2D eigenvalue weighted by molar-refractivity contribution is 5.79. The summed E-state index contributed by atoms with van der Waals surface area (Å²) < 4.78 is 0. The smallest absolute Gasteiger partial charge is 0.132 e. The SMILES string of the molecule is CC1CCC2(CCC(=O)CC2)C1. The van der Waals surface area contributed by atoms with E-state index in [1.54, 1.807) is 0 Å². The molecule has 2 saturated carbocycles. The number of hydrogen-bond donors (Lipinski definition) is 0. The molecular weight excluding hydrogens is 148 g/mol. The zero-order valence-corrected chi connectivity index (χ0v) is 7.94. The number of carbonyl (C=O) groups excluding carboxylic acids is 1. The standard InChI is InChI=1S/C11H18O/c1-9-2-5-11(8-9)6-3-10(12)4-7-11/h9H,2-8H2,1H3. The highest BCUT2D eigenvalue weighted by atomic mass is 16.1. The van der Waals surface area contributed by atoms with Gasteiger partial charge in [0, 0.05) is 12.8 Å². The Morgan fingerprint density at radius 2 is 1.92 bits per heavy atom. The second-order valence-corrected chi connectivity index (χ2v) is 4.89. The summed E-state index contributed by atoms with van der Waals surface area (Å²) in [4.78, 5) is 11.1. The Labute approximate surface area is 74.5 Å². The van der Waals surface area contributed by atoms with Gasteiger partial charge < -0.3 is 0 Å². The van der Waals surface area contributed by atoms with Crippen molar-refractivity contribution in [2.75, 3.05) is 0 Å². The molecule has 1 spiro atoms. The van der Waals surface area contributed by atoms with E-state index in [4.69, 9.17) is 0 Å². The molecule has 0 aliphatic heterocycles. The molecule has 0 aromatic carbocycles. The molecule has 2 aliphatic rings. The van der Waals surface area contributed by atoms with Gasteiger partial charge in [0.1, 0.15) is 5.78 Å². The average molecular weight is 166 g/mol. The van der Waals surface area contributed by atoms with Crippen LogP contribution in [0, 0.1) is 11.3 Å². The van der Waals surface area contributed by atoms with E-state index >= 15 is 0 Å². The van der Waals surface area contributed by atoms with E-state index in [9.17, 15) is 4.79 Å². The van der Waals surface area contributed by atoms with E-state index in [0.29, 0.717) is 11.2 Å². The molecule has 1 unspecified atom stereocenters. The van der Waals surface area contributed by atoms with Crippen molar-refractivity contribution in [1.82, 2.24) is 0 Å². The van der Waals surface area contributed by atoms with Gasteiger partial charge in [0.05, 0.1) is 0 Å². The summed E-state index contributed by atoms with van der Waals surface area (Å²) in [5.74, 6) is 1.42. The summed E-state index contributed by atoms with van der Waals surface area (Å²) in [5.41, 5.74) is 0.604. The Balaban J connectivity index is 1.99. The molecule has 0 radical (unpaired) electrons. The van der Waals surface area contributed by atoms with Crippen LogP contribution in [0.1, 0.15) is 51.9 Å². The van der Waals surface area contributed by atoms with E-state index < -0.39 is 0 Å². The van der Waals surface area contributed by atoms with Crippen LogP contribution in [0.2, 0.25) is 0 Å². The number of rotatable bonds is 0. The molecule has 68 valence electrons. The number of carbonyl (C=O) groups is 1. The van der Waals surface area contributed by atoms with Crippen LogP contribution in [0.4, 0.5) is 0 Å². The van der Waals surface area contributed by atoms with E-state index in [0.717, 1.165) is 18.8 Å². The van der Waals surface area contributed by atoms with Crippen molar-refractivity contribution >= 4 is 5.78 Å². The van der Waals surface area contributed by atoms with Crippen LogP contribution in [0.5, 0.6) is 0 Å². The topological polar surface area (TPSA) is 17.1 Å². The maximum absolute atomic E-state index is 11.1. The second-order valence-electron chi connectivity index (χ2n) is 4.89. The van der Waals surface area contributed by atoms with Crippen LogP contribution in [-0.4, -0.2) is 5.78 Å². The third-order valence-electron chi connectivity index (χ3n) is 3.82. The Morgan fingerprint density at radius 1 is 1.25 bits per heavy atom. The number of hydrogen-bond acceptors (Lipinski definition) is 1. The predicted octanol–water partition coefficient (Wildman–Crippen LogP) is 2.94. The molecule has 1 nitrogen and oxygen atoms in total. The average Bonchev–Trinajstić information content (AvgIpc) is 2.40. The lowest BCUT2D eigenvalue weighted by Crippen LogP contribution is -2.24. The molecule has 2 aliphatic carbocycles. The van der Waals surface area contributed by atoms with E-state index in [2.05, 4.69) is 6.92 Å². The summed E-state index contributed by atoms with van der Waals surface area (Å²) in [6.07, 6.45) is 8.29. The maximum atomic E-state index is 11.1. The normalized spacial score (nSPS) is 34.4. The van der Waals surface area contributed by atoms with Crippen LogP contribution in [-0.2, 0) is 4.79 Å². The van der Waals surface area contributed by atoms with Crippen LogP contribution < -0.4 is 0 Å². The lowest BCUT2D eigenvalue weighted by molar-refractivity contribution is -0.122. The molecule has 0 saturated heterocycles. The maximum Gasteiger partial charge on any atom is 0.132 e. The van der Waals surface area contributed by atoms with Gasteiger partial charge in [-0.15, -0.1) is 0 Å². The summed E-state index contributed by atoms with van der Waals surface area (Å²) >= 11 is 0. The van der Waals surface area contributed by atoms with Crippen molar-refractivity contribution in [3.63, 3.8) is 0 Å². The van der Waals surface area contributed by atoms with Gasteiger partial charge in [-0.25, -0.2) is 0 Å². The van der Waals surface area contributed by atoms with Gasteiger partial charge in [0.2, 0.25) is 0 Å². The van der Waals surface area contributed by atoms with Gasteiger partial charge in [-0.2, -0.15) is 0 Å². The van der Waals surface area contributed by atoms with Crippen LogP contribution in [0.25, 0.3) is 0 Å². The molecule has 0 amide bonds. The van der Waals surface area contributed by atoms with Crippen molar-refractivity contribution in [3.05, 3.63) is 0 Å². The van der Waals surface area contributed by atoms with Gasteiger partial charge in [0.15, 0.2) is 0 Å². The molecule has 2 fully saturated rings. The molecular formula is C11H18O. The Bertz CT molecular complexity index is 185. The fourth-order valence-electron chi connectivity index (χ4n) is 3.01. The van der Waals surface area contributed by atoms with Crippen molar-refractivity contribution in [3.8, 4) is 0 Å². The third kappa shape index (κ3) is 1.41. The highest BCUT2D eigenvalue weighted by Crippen LogP contribution is 2.50. The Hall–Kier alpha value is -0.330. The number of Topliss-reactive ketones (excluding diaryl/α,β-unsaturated/α-hetero) is 1. The van der Waals surface area contributed by atoms with Gasteiger partial charge in [-0.1, -0.05) is 13.3 Å². The lowest BCUT2D eigenvalue weighted by Gasteiger charge is -2.32. The molecule has 0 bridgehead atoms. The van der Waals surface area contributed by atoms with Gasteiger partial charge in [-0.05, 0) is 37.0 Å². The first-order valence-electron chi connectivity index (χ1n) is 5.22. The molecule has 0 N–H and O–H groups in total. The summed E-state index contributed by atoms with van der Waals surface area (Å²) in [5, 5.41) is 0. The zero-order valence-electron chi connectivity index (χ0n) is 7.94. The van der Waals surface area contributed by atoms with Crippen LogP contribution in [0.3, 0.4) is 0 Å². The lowest BCUT2D eigenvalue weighted by atomic mass is 9.72. The summed E-state index contributed by atoms with van der Waals surface area (Å²) in [6, 6.07) is 0. The van der Waals surface area contributed by atoms with Gasteiger partial charge in [0.25, 0.3) is 0 Å². The Kier molecular flexibility index (Phi) is 1.97. The predicted molar refractivity (Wildman–Crippen MR) is 48.9 cm³/mol. The van der Waals surface area contributed by atoms with E-state index in [1.807, 2.05) is 0 Å². The Morgan fingerprint density at radius 3 is 2.42 bits per heavy atom. The molecule has 2 rings (SSSR count). The first kappa shape index (κ1) is 8.28. The van der Waals surface area contributed by atoms with Crippen LogP contribution in [0.15, 0.2) is 0 Å². The minimum absolute atomic E-state index is 0.500. The van der Waals surface area contributed by atoms with Crippen LogP contribution >= 0.6 is 0 Å². The fraction of sp³-hybridized carbons (Fsp3) is 0.909. The first-order valence-corrected chi connectivity index (χ1v) is 5.22. The highest BCUT2D eigenvalue weighted by Gasteiger charge is 2.39. The van der Waals surface area contributed by atoms with Crippen molar-refractivity contribution in [1.29, 1.82) is 0 Å². The number of ketones is 1. The van der Waals surface area contributed by atoms with Crippen molar-refractivity contribution in [2.24, 2.45) is 11.3 Å². The molecule has 0 aromatic heterocycles. The monoisotopic (exact) mass is 166 g/mol. The van der Waals surface area contributed by atoms with E-state index in [-0.39, 0.29) is 0 Å².